The smallest absolute Gasteiger partial charge is 0.273 e. The zero-order chi connectivity index (χ0) is 14.0. The van der Waals surface area contributed by atoms with Gasteiger partial charge in [-0.05, 0) is 13.0 Å². The monoisotopic (exact) mass is 279 g/mol. The molecule has 0 aliphatic carbocycles. The maximum Gasteiger partial charge on any atom is 0.273 e. The zero-order valence-electron chi connectivity index (χ0n) is 10.6. The van der Waals surface area contributed by atoms with Gasteiger partial charge in [-0.3, -0.25) is 4.79 Å². The summed E-state index contributed by atoms with van der Waals surface area (Å²) in [5.74, 6) is -0.601. The normalized spacial score (nSPS) is 12.2. The Morgan fingerprint density at radius 1 is 1.47 bits per heavy atom. The van der Waals surface area contributed by atoms with Crippen LogP contribution in [0.3, 0.4) is 0 Å². The summed E-state index contributed by atoms with van der Waals surface area (Å²) in [6.07, 6.45) is 0. The van der Waals surface area contributed by atoms with Crippen molar-refractivity contribution in [1.29, 1.82) is 0 Å². The Bertz CT molecular complexity index is 599. The highest BCUT2D eigenvalue weighted by Gasteiger charge is 2.22. The van der Waals surface area contributed by atoms with Crippen LogP contribution < -0.4 is 5.73 Å². The van der Waals surface area contributed by atoms with Crippen LogP contribution in [0.2, 0.25) is 0 Å². The van der Waals surface area contributed by atoms with E-state index >= 15 is 0 Å². The fourth-order valence-corrected chi connectivity index (χ4v) is 2.30. The number of rotatable bonds is 3. The molecule has 1 unspecified atom stereocenters. The molecule has 2 rings (SSSR count). The van der Waals surface area contributed by atoms with Gasteiger partial charge in [-0.1, -0.05) is 18.2 Å². The predicted octanol–water partition coefficient (Wildman–Crippen LogP) is 2.70. The summed E-state index contributed by atoms with van der Waals surface area (Å²) in [6, 6.07) is 6.03. The summed E-state index contributed by atoms with van der Waals surface area (Å²) in [5.41, 5.74) is 6.26. The molecule has 1 atom stereocenters. The zero-order valence-corrected chi connectivity index (χ0v) is 11.4. The number of nitrogens with zero attached hydrogens (tertiary/aromatic N) is 2. The van der Waals surface area contributed by atoms with Crippen molar-refractivity contribution in [3.63, 3.8) is 0 Å². The standard InChI is InChI=1S/C13H14FN3OS/c1-8(9-5-3-4-6-10(9)14)17(2)12(18)11-7-19-13(15)16-11/h3-8H,1-2H3,(H2,15,16). The number of nitrogen functional groups attached to an aromatic ring is 1. The third kappa shape index (κ3) is 2.73. The second kappa shape index (κ2) is 5.36. The number of amides is 1. The second-order valence-corrected chi connectivity index (χ2v) is 5.07. The molecule has 0 bridgehead atoms. The summed E-state index contributed by atoms with van der Waals surface area (Å²) < 4.78 is 13.7. The average Bonchev–Trinajstić information content (AvgIpc) is 2.83. The van der Waals surface area contributed by atoms with E-state index < -0.39 is 0 Å². The van der Waals surface area contributed by atoms with E-state index in [0.29, 0.717) is 10.7 Å². The first-order valence-corrected chi connectivity index (χ1v) is 6.61. The molecule has 6 heteroatoms. The molecular formula is C13H14FN3OS. The molecule has 4 nitrogen and oxygen atoms in total. The molecule has 2 N–H and O–H groups in total. The Hall–Kier alpha value is -1.95. The number of halogens is 1. The minimum atomic E-state index is -0.378. The van der Waals surface area contributed by atoms with E-state index in [1.54, 1.807) is 37.6 Å². The summed E-state index contributed by atoms with van der Waals surface area (Å²) in [6.45, 7) is 1.77. The number of carbonyl (C=O) groups excluding carboxylic acids is 1. The van der Waals surface area contributed by atoms with Gasteiger partial charge in [0.15, 0.2) is 5.13 Å². The number of hydrogen-bond acceptors (Lipinski definition) is 4. The van der Waals surface area contributed by atoms with Crippen LogP contribution in [0, 0.1) is 5.82 Å². The highest BCUT2D eigenvalue weighted by atomic mass is 32.1. The number of anilines is 1. The van der Waals surface area contributed by atoms with Crippen molar-refractivity contribution in [3.8, 4) is 0 Å². The van der Waals surface area contributed by atoms with Crippen LogP contribution in [0.1, 0.15) is 29.0 Å². The Labute approximate surface area is 114 Å². The Morgan fingerprint density at radius 2 is 2.16 bits per heavy atom. The van der Waals surface area contributed by atoms with Gasteiger partial charge < -0.3 is 10.6 Å². The number of thiazole rings is 1. The first-order chi connectivity index (χ1) is 9.00. The SMILES string of the molecule is CC(c1ccccc1F)N(C)C(=O)c1csc(N)n1. The predicted molar refractivity (Wildman–Crippen MR) is 73.4 cm³/mol. The van der Waals surface area contributed by atoms with Gasteiger partial charge in [0.25, 0.3) is 5.91 Å². The molecule has 0 aliphatic rings. The first kappa shape index (κ1) is 13.5. The quantitative estimate of drug-likeness (QED) is 0.939. The molecule has 0 aliphatic heterocycles. The number of benzene rings is 1. The molecule has 19 heavy (non-hydrogen) atoms. The van der Waals surface area contributed by atoms with Crippen molar-refractivity contribution in [2.24, 2.45) is 0 Å². The van der Waals surface area contributed by atoms with Crippen LogP contribution >= 0.6 is 11.3 Å². The summed E-state index contributed by atoms with van der Waals surface area (Å²) in [4.78, 5) is 17.6. The molecule has 0 radical (unpaired) electrons. The van der Waals surface area contributed by atoms with Gasteiger partial charge in [0.2, 0.25) is 0 Å². The second-order valence-electron chi connectivity index (χ2n) is 4.18. The van der Waals surface area contributed by atoms with Gasteiger partial charge in [0, 0.05) is 18.0 Å². The maximum atomic E-state index is 13.7. The van der Waals surface area contributed by atoms with E-state index in [1.165, 1.54) is 22.3 Å². The van der Waals surface area contributed by atoms with Crippen molar-refractivity contribution in [3.05, 3.63) is 46.7 Å². The van der Waals surface area contributed by atoms with Crippen molar-refractivity contribution >= 4 is 22.4 Å². The lowest BCUT2D eigenvalue weighted by atomic mass is 10.1. The molecule has 100 valence electrons. The first-order valence-electron chi connectivity index (χ1n) is 5.73. The van der Waals surface area contributed by atoms with Crippen molar-refractivity contribution < 1.29 is 9.18 Å². The van der Waals surface area contributed by atoms with Crippen LogP contribution in [0.25, 0.3) is 0 Å². The van der Waals surface area contributed by atoms with Crippen LogP contribution in [0.4, 0.5) is 9.52 Å². The van der Waals surface area contributed by atoms with Gasteiger partial charge in [0.05, 0.1) is 6.04 Å². The molecule has 1 heterocycles. The topological polar surface area (TPSA) is 59.2 Å². The summed E-state index contributed by atoms with van der Waals surface area (Å²) >= 11 is 1.21. The van der Waals surface area contributed by atoms with E-state index in [9.17, 15) is 9.18 Å². The molecule has 0 fully saturated rings. The fourth-order valence-electron chi connectivity index (χ4n) is 1.76. The number of hydrogen-bond donors (Lipinski definition) is 1. The summed E-state index contributed by atoms with van der Waals surface area (Å²) in [7, 11) is 1.62. The Morgan fingerprint density at radius 3 is 2.74 bits per heavy atom. The number of carbonyl (C=O) groups is 1. The maximum absolute atomic E-state index is 13.7. The van der Waals surface area contributed by atoms with Gasteiger partial charge in [0.1, 0.15) is 11.5 Å². The minimum Gasteiger partial charge on any atom is -0.375 e. The Kier molecular flexibility index (Phi) is 3.80. The van der Waals surface area contributed by atoms with Crippen LogP contribution in [-0.2, 0) is 0 Å². The number of nitrogens with two attached hydrogens (primary N) is 1. The lowest BCUT2D eigenvalue weighted by Gasteiger charge is -2.24. The van der Waals surface area contributed by atoms with Crippen LogP contribution in [0.15, 0.2) is 29.6 Å². The fraction of sp³-hybridized carbons (Fsp3) is 0.231. The van der Waals surface area contributed by atoms with Gasteiger partial charge in [-0.25, -0.2) is 9.37 Å². The van der Waals surface area contributed by atoms with Crippen molar-refractivity contribution in [1.82, 2.24) is 9.88 Å². The van der Waals surface area contributed by atoms with E-state index in [1.807, 2.05) is 0 Å². The van der Waals surface area contributed by atoms with E-state index in [4.69, 9.17) is 5.73 Å². The molecular weight excluding hydrogens is 265 g/mol. The van der Waals surface area contributed by atoms with Crippen LogP contribution in [0.5, 0.6) is 0 Å². The molecule has 2 aromatic rings. The lowest BCUT2D eigenvalue weighted by Crippen LogP contribution is -2.30. The third-order valence-electron chi connectivity index (χ3n) is 3.00. The van der Waals surface area contributed by atoms with Gasteiger partial charge in [-0.2, -0.15) is 0 Å². The van der Waals surface area contributed by atoms with E-state index in [2.05, 4.69) is 4.98 Å². The number of aromatic nitrogens is 1. The Balaban J connectivity index is 2.22. The van der Waals surface area contributed by atoms with Gasteiger partial charge in [-0.15, -0.1) is 11.3 Å². The molecule has 0 saturated heterocycles. The lowest BCUT2D eigenvalue weighted by molar-refractivity contribution is 0.0735. The molecule has 0 spiro atoms. The molecule has 1 aromatic carbocycles. The van der Waals surface area contributed by atoms with Gasteiger partial charge >= 0.3 is 0 Å². The van der Waals surface area contributed by atoms with Crippen LogP contribution in [-0.4, -0.2) is 22.8 Å². The highest BCUT2D eigenvalue weighted by molar-refractivity contribution is 7.13. The molecule has 1 aromatic heterocycles. The van der Waals surface area contributed by atoms with E-state index in [-0.39, 0.29) is 23.5 Å². The van der Waals surface area contributed by atoms with E-state index in [0.717, 1.165) is 0 Å². The molecule has 0 saturated carbocycles. The third-order valence-corrected chi connectivity index (χ3v) is 3.67. The summed E-state index contributed by atoms with van der Waals surface area (Å²) in [5, 5.41) is 1.94. The average molecular weight is 279 g/mol. The highest BCUT2D eigenvalue weighted by Crippen LogP contribution is 2.23. The minimum absolute atomic E-state index is 0.274. The largest absolute Gasteiger partial charge is 0.375 e. The van der Waals surface area contributed by atoms with Crippen molar-refractivity contribution in [2.75, 3.05) is 12.8 Å². The molecule has 1 amide bonds. The van der Waals surface area contributed by atoms with Crippen molar-refractivity contribution in [2.45, 2.75) is 13.0 Å².